The van der Waals surface area contributed by atoms with Crippen LogP contribution in [0.25, 0.3) is 11.2 Å². The van der Waals surface area contributed by atoms with Crippen molar-refractivity contribution in [1.29, 1.82) is 0 Å². The quantitative estimate of drug-likeness (QED) is 0.592. The van der Waals surface area contributed by atoms with Crippen LogP contribution in [0.2, 0.25) is 5.15 Å². The van der Waals surface area contributed by atoms with Crippen molar-refractivity contribution in [3.05, 3.63) is 17.8 Å². The van der Waals surface area contributed by atoms with Gasteiger partial charge in [-0.15, -0.1) is 0 Å². The van der Waals surface area contributed by atoms with Gasteiger partial charge in [-0.25, -0.2) is 19.7 Å². The van der Waals surface area contributed by atoms with Crippen LogP contribution in [-0.4, -0.2) is 32.6 Å². The Morgan fingerprint density at radius 3 is 3.00 bits per heavy atom. The fraction of sp³-hybridized carbons (Fsp3) is 0.250. The molecule has 2 aromatic heterocycles. The molecule has 2 N–H and O–H groups in total. The number of carbonyl (C=O) groups is 1. The predicted octanol–water partition coefficient (Wildman–Crippen LogP) is 0.110. The first-order chi connectivity index (χ1) is 7.65. The number of aromatic nitrogens is 4. The number of ether oxygens (including phenoxy) is 1. The van der Waals surface area contributed by atoms with Crippen LogP contribution in [0, 0.1) is 0 Å². The van der Waals surface area contributed by atoms with Gasteiger partial charge in [-0.1, -0.05) is 11.6 Å². The highest BCUT2D eigenvalue weighted by atomic mass is 35.5. The Hall–Kier alpha value is -1.73. The Labute approximate surface area is 95.2 Å². The number of nitrogens with zero attached hydrogens (tertiary/aromatic N) is 4. The van der Waals surface area contributed by atoms with Crippen molar-refractivity contribution in [2.75, 3.05) is 7.11 Å². The van der Waals surface area contributed by atoms with Crippen LogP contribution in [0.3, 0.4) is 0 Å². The summed E-state index contributed by atoms with van der Waals surface area (Å²) in [4.78, 5) is 23.0. The number of halogens is 1. The van der Waals surface area contributed by atoms with Gasteiger partial charge < -0.3 is 10.5 Å². The molecule has 7 nitrogen and oxygen atoms in total. The second-order valence-corrected chi connectivity index (χ2v) is 3.31. The van der Waals surface area contributed by atoms with Gasteiger partial charge in [-0.3, -0.25) is 4.57 Å². The van der Waals surface area contributed by atoms with Gasteiger partial charge in [-0.2, -0.15) is 0 Å². The molecule has 1 unspecified atom stereocenters. The summed E-state index contributed by atoms with van der Waals surface area (Å²) in [6.45, 7) is 0. The van der Waals surface area contributed by atoms with Crippen molar-refractivity contribution in [2.24, 2.45) is 5.73 Å². The summed E-state index contributed by atoms with van der Waals surface area (Å²) in [5.41, 5.74) is 6.43. The first-order valence-corrected chi connectivity index (χ1v) is 4.69. The topological polar surface area (TPSA) is 95.9 Å². The highest BCUT2D eigenvalue weighted by Crippen LogP contribution is 2.18. The van der Waals surface area contributed by atoms with Crippen LogP contribution in [0.1, 0.15) is 6.17 Å². The Bertz CT molecular complexity index is 540. The number of fused-ring (bicyclic) bond motifs is 1. The van der Waals surface area contributed by atoms with Gasteiger partial charge in [0.25, 0.3) is 0 Å². The molecular formula is C8H8ClN5O2. The van der Waals surface area contributed by atoms with E-state index in [0.29, 0.717) is 11.2 Å². The summed E-state index contributed by atoms with van der Waals surface area (Å²) in [7, 11) is 1.25. The van der Waals surface area contributed by atoms with Crippen molar-refractivity contribution < 1.29 is 9.53 Å². The molecule has 0 saturated heterocycles. The zero-order chi connectivity index (χ0) is 11.7. The maximum absolute atomic E-state index is 11.3. The largest absolute Gasteiger partial charge is 0.466 e. The van der Waals surface area contributed by atoms with E-state index in [1.807, 2.05) is 0 Å². The normalized spacial score (nSPS) is 12.7. The molecule has 84 valence electrons. The maximum Gasteiger partial charge on any atom is 0.343 e. The molecule has 0 aliphatic carbocycles. The molecule has 1 atom stereocenters. The summed E-state index contributed by atoms with van der Waals surface area (Å²) in [5, 5.41) is 0.209. The summed E-state index contributed by atoms with van der Waals surface area (Å²) in [6, 6.07) is 0. The number of rotatable bonds is 2. The minimum absolute atomic E-state index is 0.209. The van der Waals surface area contributed by atoms with E-state index in [-0.39, 0.29) is 5.15 Å². The van der Waals surface area contributed by atoms with Crippen LogP contribution in [-0.2, 0) is 9.53 Å². The lowest BCUT2D eigenvalue weighted by atomic mass is 10.5. The molecule has 2 aromatic rings. The van der Waals surface area contributed by atoms with E-state index in [0.717, 1.165) is 0 Å². The molecule has 8 heteroatoms. The number of methoxy groups -OCH3 is 1. The van der Waals surface area contributed by atoms with Crippen LogP contribution in [0.5, 0.6) is 0 Å². The highest BCUT2D eigenvalue weighted by Gasteiger charge is 2.19. The van der Waals surface area contributed by atoms with Gasteiger partial charge >= 0.3 is 5.97 Å². The van der Waals surface area contributed by atoms with Crippen LogP contribution >= 0.6 is 11.6 Å². The van der Waals surface area contributed by atoms with Crippen molar-refractivity contribution in [1.82, 2.24) is 19.5 Å². The maximum atomic E-state index is 11.3. The van der Waals surface area contributed by atoms with E-state index in [4.69, 9.17) is 17.3 Å². The first kappa shape index (κ1) is 10.8. The van der Waals surface area contributed by atoms with Gasteiger partial charge in [-0.05, 0) is 0 Å². The Balaban J connectivity index is 2.54. The molecule has 0 amide bonds. The fourth-order valence-corrected chi connectivity index (χ4v) is 1.44. The number of nitrogens with two attached hydrogens (primary N) is 1. The summed E-state index contributed by atoms with van der Waals surface area (Å²) in [6.07, 6.45) is 1.64. The van der Waals surface area contributed by atoms with E-state index in [1.165, 1.54) is 24.3 Å². The number of hydrogen-bond donors (Lipinski definition) is 1. The third kappa shape index (κ3) is 1.59. The Morgan fingerprint density at radius 1 is 1.56 bits per heavy atom. The molecule has 0 fully saturated rings. The van der Waals surface area contributed by atoms with E-state index in [2.05, 4.69) is 19.7 Å². The number of esters is 1. The molecule has 2 rings (SSSR count). The minimum atomic E-state index is -0.999. The van der Waals surface area contributed by atoms with E-state index in [1.54, 1.807) is 0 Å². The van der Waals surface area contributed by atoms with E-state index in [9.17, 15) is 4.79 Å². The number of imidazole rings is 1. The average Bonchev–Trinajstić information content (AvgIpc) is 2.72. The molecule has 0 spiro atoms. The summed E-state index contributed by atoms with van der Waals surface area (Å²) >= 11 is 5.80. The summed E-state index contributed by atoms with van der Waals surface area (Å²) < 4.78 is 5.90. The number of carbonyl (C=O) groups excluding carboxylic acids is 1. The zero-order valence-electron chi connectivity index (χ0n) is 8.29. The van der Waals surface area contributed by atoms with Crippen molar-refractivity contribution in [3.63, 3.8) is 0 Å². The Morgan fingerprint density at radius 2 is 2.31 bits per heavy atom. The molecule has 0 aromatic carbocycles. The Kier molecular flexibility index (Phi) is 2.71. The zero-order valence-corrected chi connectivity index (χ0v) is 9.05. The summed E-state index contributed by atoms with van der Waals surface area (Å²) in [5.74, 6) is -0.589. The molecule has 0 aliphatic rings. The van der Waals surface area contributed by atoms with Crippen LogP contribution < -0.4 is 5.73 Å². The molecule has 0 bridgehead atoms. The first-order valence-electron chi connectivity index (χ1n) is 4.31. The lowest BCUT2D eigenvalue weighted by molar-refractivity contribution is -0.144. The lowest BCUT2D eigenvalue weighted by Gasteiger charge is -2.10. The standard InChI is InChI=1S/C8H8ClN5O2/c1-16-8(15)6(10)14-3-13-4-5(9)11-2-12-7(4)14/h2-3,6H,10H2,1H3. The van der Waals surface area contributed by atoms with Gasteiger partial charge in [0.1, 0.15) is 11.8 Å². The molecule has 0 aliphatic heterocycles. The second-order valence-electron chi connectivity index (χ2n) is 2.96. The molecule has 0 saturated carbocycles. The smallest absolute Gasteiger partial charge is 0.343 e. The third-order valence-electron chi connectivity index (χ3n) is 2.06. The van der Waals surface area contributed by atoms with Crippen molar-refractivity contribution >= 4 is 28.7 Å². The monoisotopic (exact) mass is 241 g/mol. The third-order valence-corrected chi connectivity index (χ3v) is 2.33. The van der Waals surface area contributed by atoms with Gasteiger partial charge in [0, 0.05) is 0 Å². The lowest BCUT2D eigenvalue weighted by Crippen LogP contribution is -2.28. The molecular weight excluding hydrogens is 234 g/mol. The molecule has 2 heterocycles. The molecule has 16 heavy (non-hydrogen) atoms. The van der Waals surface area contributed by atoms with Gasteiger partial charge in [0.15, 0.2) is 17.0 Å². The number of hydrogen-bond acceptors (Lipinski definition) is 6. The second kappa shape index (κ2) is 4.03. The fourth-order valence-electron chi connectivity index (χ4n) is 1.26. The SMILES string of the molecule is COC(=O)C(N)n1cnc2c(Cl)ncnc21. The highest BCUT2D eigenvalue weighted by molar-refractivity contribution is 6.33. The molecule has 0 radical (unpaired) electrons. The van der Waals surface area contributed by atoms with E-state index < -0.39 is 12.1 Å². The average molecular weight is 242 g/mol. The van der Waals surface area contributed by atoms with Crippen molar-refractivity contribution in [3.8, 4) is 0 Å². The van der Waals surface area contributed by atoms with Crippen LogP contribution in [0.4, 0.5) is 0 Å². The van der Waals surface area contributed by atoms with Gasteiger partial charge in [0.05, 0.1) is 13.4 Å². The van der Waals surface area contributed by atoms with Crippen molar-refractivity contribution in [2.45, 2.75) is 6.17 Å². The predicted molar refractivity (Wildman–Crippen MR) is 55.6 cm³/mol. The van der Waals surface area contributed by atoms with Gasteiger partial charge in [0.2, 0.25) is 0 Å². The minimum Gasteiger partial charge on any atom is -0.466 e. The van der Waals surface area contributed by atoms with Crippen LogP contribution in [0.15, 0.2) is 12.7 Å². The van der Waals surface area contributed by atoms with E-state index >= 15 is 0 Å².